The standard InChI is InChI=1S/C28H41ClN4O/c1-27(2,3)19-9-13-21(14-10-19)30-26(34)24-17-22(23-15-16-33(32-23)28(4,5)6)25(31-24)18-7-11-20(29)12-8-18/h7-8,11-12,15-16,19,21-22,24-25,31H,9-10,13-14,17H2,1-6H3,(H,30,34)/t19?,21?,22-,24+,25+/m1/s1. The van der Waals surface area contributed by atoms with Crippen LogP contribution in [0, 0.1) is 11.3 Å². The van der Waals surface area contributed by atoms with Gasteiger partial charge in [0.2, 0.25) is 5.91 Å². The van der Waals surface area contributed by atoms with Crippen LogP contribution in [0.1, 0.15) is 96.9 Å². The Kier molecular flexibility index (Phi) is 7.17. The molecule has 1 amide bonds. The second kappa shape index (κ2) is 9.66. The summed E-state index contributed by atoms with van der Waals surface area (Å²) in [6.45, 7) is 13.4. The Hall–Kier alpha value is -1.85. The fourth-order valence-corrected chi connectivity index (χ4v) is 5.70. The largest absolute Gasteiger partial charge is 0.352 e. The quantitative estimate of drug-likeness (QED) is 0.543. The number of rotatable bonds is 4. The van der Waals surface area contributed by atoms with Crippen LogP contribution in [0.4, 0.5) is 0 Å². The summed E-state index contributed by atoms with van der Waals surface area (Å²) >= 11 is 6.15. The van der Waals surface area contributed by atoms with Gasteiger partial charge in [-0.3, -0.25) is 14.8 Å². The van der Waals surface area contributed by atoms with Crippen molar-refractivity contribution in [3.63, 3.8) is 0 Å². The first kappa shape index (κ1) is 25.2. The maximum absolute atomic E-state index is 13.3. The number of benzene rings is 1. The highest BCUT2D eigenvalue weighted by Gasteiger charge is 2.41. The van der Waals surface area contributed by atoms with E-state index in [1.54, 1.807) is 0 Å². The van der Waals surface area contributed by atoms with E-state index in [4.69, 9.17) is 16.7 Å². The molecule has 2 fully saturated rings. The highest BCUT2D eigenvalue weighted by Crippen LogP contribution is 2.41. The van der Waals surface area contributed by atoms with E-state index in [0.717, 1.165) is 41.5 Å². The molecule has 0 spiro atoms. The summed E-state index contributed by atoms with van der Waals surface area (Å²) in [5.41, 5.74) is 2.43. The fourth-order valence-electron chi connectivity index (χ4n) is 5.58. The van der Waals surface area contributed by atoms with Crippen LogP contribution in [-0.2, 0) is 10.3 Å². The molecular weight excluding hydrogens is 444 g/mol. The number of hydrogen-bond acceptors (Lipinski definition) is 3. The van der Waals surface area contributed by atoms with Crippen LogP contribution >= 0.6 is 11.6 Å². The van der Waals surface area contributed by atoms with Gasteiger partial charge in [0.1, 0.15) is 0 Å². The van der Waals surface area contributed by atoms with Crippen molar-refractivity contribution in [2.45, 2.75) is 103 Å². The van der Waals surface area contributed by atoms with Gasteiger partial charge in [-0.1, -0.05) is 44.5 Å². The summed E-state index contributed by atoms with van der Waals surface area (Å²) < 4.78 is 2.02. The van der Waals surface area contributed by atoms with Crippen LogP contribution in [-0.4, -0.2) is 27.8 Å². The third-order valence-electron chi connectivity index (χ3n) is 7.79. The van der Waals surface area contributed by atoms with Gasteiger partial charge in [-0.25, -0.2) is 0 Å². The lowest BCUT2D eigenvalue weighted by Crippen LogP contribution is -2.47. The number of nitrogens with zero attached hydrogens (tertiary/aromatic N) is 2. The predicted octanol–water partition coefficient (Wildman–Crippen LogP) is 6.20. The summed E-state index contributed by atoms with van der Waals surface area (Å²) in [6, 6.07) is 10.1. The molecule has 0 unspecified atom stereocenters. The monoisotopic (exact) mass is 484 g/mol. The second-order valence-electron chi connectivity index (χ2n) is 12.4. The van der Waals surface area contributed by atoms with E-state index >= 15 is 0 Å². The first-order chi connectivity index (χ1) is 15.9. The highest BCUT2D eigenvalue weighted by molar-refractivity contribution is 6.30. The molecule has 4 rings (SSSR count). The van der Waals surface area contributed by atoms with E-state index in [1.165, 1.54) is 12.8 Å². The van der Waals surface area contributed by atoms with Gasteiger partial charge >= 0.3 is 0 Å². The average Bonchev–Trinajstić information content (AvgIpc) is 3.41. The van der Waals surface area contributed by atoms with Crippen molar-refractivity contribution in [3.8, 4) is 0 Å². The summed E-state index contributed by atoms with van der Waals surface area (Å²) in [6.07, 6.45) is 7.30. The number of aromatic nitrogens is 2. The van der Waals surface area contributed by atoms with Crippen molar-refractivity contribution in [3.05, 3.63) is 52.8 Å². The number of carbonyl (C=O) groups excluding carboxylic acids is 1. The molecule has 2 aliphatic rings. The smallest absolute Gasteiger partial charge is 0.237 e. The van der Waals surface area contributed by atoms with Crippen LogP contribution in [0.3, 0.4) is 0 Å². The predicted molar refractivity (Wildman–Crippen MR) is 139 cm³/mol. The Morgan fingerprint density at radius 3 is 2.24 bits per heavy atom. The van der Waals surface area contributed by atoms with Crippen molar-refractivity contribution in [1.82, 2.24) is 20.4 Å². The second-order valence-corrected chi connectivity index (χ2v) is 12.8. The summed E-state index contributed by atoms with van der Waals surface area (Å²) in [7, 11) is 0. The molecule has 0 bridgehead atoms. The minimum Gasteiger partial charge on any atom is -0.352 e. The summed E-state index contributed by atoms with van der Waals surface area (Å²) in [5, 5.41) is 12.6. The van der Waals surface area contributed by atoms with E-state index in [0.29, 0.717) is 5.41 Å². The number of carbonyl (C=O) groups is 1. The van der Waals surface area contributed by atoms with Gasteiger partial charge in [0.05, 0.1) is 17.3 Å². The summed E-state index contributed by atoms with van der Waals surface area (Å²) in [4.78, 5) is 13.3. The topological polar surface area (TPSA) is 59.0 Å². The number of hydrogen-bond donors (Lipinski definition) is 2. The van der Waals surface area contributed by atoms with E-state index in [-0.39, 0.29) is 35.5 Å². The van der Waals surface area contributed by atoms with Gasteiger partial charge in [0, 0.05) is 29.2 Å². The minimum atomic E-state index is -0.231. The highest BCUT2D eigenvalue weighted by atomic mass is 35.5. The minimum absolute atomic E-state index is 0.0213. The van der Waals surface area contributed by atoms with Crippen LogP contribution in [0.25, 0.3) is 0 Å². The van der Waals surface area contributed by atoms with Crippen molar-refractivity contribution < 1.29 is 4.79 Å². The van der Waals surface area contributed by atoms with Gasteiger partial charge in [0.25, 0.3) is 0 Å². The van der Waals surface area contributed by atoms with Gasteiger partial charge < -0.3 is 5.32 Å². The average molecular weight is 485 g/mol. The lowest BCUT2D eigenvalue weighted by molar-refractivity contribution is -0.123. The molecule has 6 heteroatoms. The normalized spacial score (nSPS) is 28.1. The van der Waals surface area contributed by atoms with E-state index in [2.05, 4.69) is 76.6 Å². The zero-order chi connectivity index (χ0) is 24.7. The van der Waals surface area contributed by atoms with Crippen molar-refractivity contribution in [1.29, 1.82) is 0 Å². The Labute approximate surface area is 210 Å². The third-order valence-corrected chi connectivity index (χ3v) is 8.05. The Morgan fingerprint density at radius 2 is 1.68 bits per heavy atom. The molecule has 2 heterocycles. The van der Waals surface area contributed by atoms with Crippen molar-refractivity contribution >= 4 is 17.5 Å². The molecule has 34 heavy (non-hydrogen) atoms. The molecule has 1 aliphatic carbocycles. The van der Waals surface area contributed by atoms with Crippen molar-refractivity contribution in [2.24, 2.45) is 11.3 Å². The molecular formula is C28H41ClN4O. The van der Waals surface area contributed by atoms with Crippen LogP contribution in [0.5, 0.6) is 0 Å². The molecule has 2 N–H and O–H groups in total. The number of halogens is 1. The molecule has 1 aromatic carbocycles. The molecule has 186 valence electrons. The maximum atomic E-state index is 13.3. The van der Waals surface area contributed by atoms with Gasteiger partial charge in [-0.2, -0.15) is 5.10 Å². The van der Waals surface area contributed by atoms with Crippen LogP contribution in [0.2, 0.25) is 5.02 Å². The fraction of sp³-hybridized carbons (Fsp3) is 0.643. The molecule has 1 saturated carbocycles. The molecule has 1 aliphatic heterocycles. The zero-order valence-electron chi connectivity index (χ0n) is 21.6. The van der Waals surface area contributed by atoms with Crippen molar-refractivity contribution in [2.75, 3.05) is 0 Å². The lowest BCUT2D eigenvalue weighted by atomic mass is 9.71. The van der Waals surface area contributed by atoms with Gasteiger partial charge in [0.15, 0.2) is 0 Å². The number of amides is 1. The molecule has 1 saturated heterocycles. The van der Waals surface area contributed by atoms with Crippen LogP contribution in [0.15, 0.2) is 36.5 Å². The zero-order valence-corrected chi connectivity index (χ0v) is 22.3. The Bertz CT molecular complexity index is 977. The third kappa shape index (κ3) is 5.68. The first-order valence-electron chi connectivity index (χ1n) is 12.8. The van der Waals surface area contributed by atoms with Gasteiger partial charge in [-0.15, -0.1) is 0 Å². The molecule has 0 radical (unpaired) electrons. The Morgan fingerprint density at radius 1 is 1.03 bits per heavy atom. The first-order valence-corrected chi connectivity index (χ1v) is 13.2. The molecule has 5 nitrogen and oxygen atoms in total. The molecule has 1 aromatic heterocycles. The SMILES string of the molecule is CC(C)(C)C1CCC(NC(=O)[C@@H]2C[C@H](c3ccn(C(C)(C)C)n3)[C@H](c3ccc(Cl)cc3)N2)CC1. The van der Waals surface area contributed by atoms with Gasteiger partial charge in [-0.05, 0) is 88.0 Å². The number of nitrogens with one attached hydrogen (secondary N) is 2. The summed E-state index contributed by atoms with van der Waals surface area (Å²) in [5.74, 6) is 0.981. The molecule has 2 aromatic rings. The van der Waals surface area contributed by atoms with Crippen LogP contribution < -0.4 is 10.6 Å². The van der Waals surface area contributed by atoms with E-state index in [9.17, 15) is 4.79 Å². The Balaban J connectivity index is 1.48. The lowest BCUT2D eigenvalue weighted by Gasteiger charge is -2.37. The van der Waals surface area contributed by atoms with E-state index < -0.39 is 0 Å². The molecule has 3 atom stereocenters. The maximum Gasteiger partial charge on any atom is 0.237 e. The van der Waals surface area contributed by atoms with E-state index in [1.807, 2.05) is 16.8 Å².